The van der Waals surface area contributed by atoms with Gasteiger partial charge in [0.25, 0.3) is 11.7 Å². The van der Waals surface area contributed by atoms with Crippen LogP contribution in [0.5, 0.6) is 5.75 Å². The van der Waals surface area contributed by atoms with Gasteiger partial charge in [-0.25, -0.2) is 4.39 Å². The van der Waals surface area contributed by atoms with Gasteiger partial charge in [-0.3, -0.25) is 14.6 Å². The molecule has 1 aliphatic rings. The summed E-state index contributed by atoms with van der Waals surface area (Å²) in [5, 5.41) is 11.0. The molecule has 1 unspecified atom stereocenters. The molecule has 0 radical (unpaired) electrons. The smallest absolute Gasteiger partial charge is 0.295 e. The minimum Gasteiger partial charge on any atom is -0.507 e. The number of pyridine rings is 1. The predicted octanol–water partition coefficient (Wildman–Crippen LogP) is 2.21. The minimum absolute atomic E-state index is 0.0113. The fourth-order valence-corrected chi connectivity index (χ4v) is 3.32. The van der Waals surface area contributed by atoms with Gasteiger partial charge in [-0.05, 0) is 50.0 Å². The molecule has 0 spiro atoms. The number of aliphatic hydroxyl groups is 1. The van der Waals surface area contributed by atoms with Crippen LogP contribution in [0.4, 0.5) is 4.39 Å². The number of benzene rings is 1. The molecule has 1 aliphatic heterocycles. The van der Waals surface area contributed by atoms with Crippen molar-refractivity contribution in [2.24, 2.45) is 0 Å². The first kappa shape index (κ1) is 20.5. The maximum Gasteiger partial charge on any atom is 0.295 e. The van der Waals surface area contributed by atoms with Gasteiger partial charge < -0.3 is 19.6 Å². The van der Waals surface area contributed by atoms with E-state index in [0.717, 1.165) is 6.07 Å². The first-order valence-corrected chi connectivity index (χ1v) is 9.02. The molecular formula is C21H22FN3O4. The first-order valence-electron chi connectivity index (χ1n) is 9.02. The summed E-state index contributed by atoms with van der Waals surface area (Å²) in [5.41, 5.74) is 0.524. The number of carbonyl (C=O) groups excluding carboxylic acids is 2. The second-order valence-electron chi connectivity index (χ2n) is 6.92. The van der Waals surface area contributed by atoms with E-state index < -0.39 is 29.3 Å². The number of carbonyl (C=O) groups is 2. The Morgan fingerprint density at radius 2 is 1.93 bits per heavy atom. The van der Waals surface area contributed by atoms with Crippen LogP contribution in [0, 0.1) is 5.82 Å². The van der Waals surface area contributed by atoms with E-state index in [4.69, 9.17) is 4.74 Å². The van der Waals surface area contributed by atoms with E-state index in [1.165, 1.54) is 24.1 Å². The Bertz CT molecular complexity index is 960. The van der Waals surface area contributed by atoms with Crippen LogP contribution in [0.25, 0.3) is 5.76 Å². The monoisotopic (exact) mass is 399 g/mol. The highest BCUT2D eigenvalue weighted by atomic mass is 19.1. The van der Waals surface area contributed by atoms with E-state index in [1.54, 1.807) is 24.5 Å². The number of amides is 1. The number of methoxy groups -OCH3 is 1. The summed E-state index contributed by atoms with van der Waals surface area (Å²) >= 11 is 0. The Hall–Kier alpha value is -3.26. The molecule has 0 aliphatic carbocycles. The highest BCUT2D eigenvalue weighted by Gasteiger charge is 2.46. The lowest BCUT2D eigenvalue weighted by Crippen LogP contribution is -2.35. The van der Waals surface area contributed by atoms with Crippen molar-refractivity contribution in [1.29, 1.82) is 0 Å². The maximum atomic E-state index is 13.8. The second-order valence-corrected chi connectivity index (χ2v) is 6.92. The number of aromatic nitrogens is 1. The Labute approximate surface area is 168 Å². The largest absolute Gasteiger partial charge is 0.507 e. The van der Waals surface area contributed by atoms with Crippen molar-refractivity contribution in [2.45, 2.75) is 6.04 Å². The number of hydrogen-bond donors (Lipinski definition) is 1. The molecule has 2 aromatic rings. The topological polar surface area (TPSA) is 83.0 Å². The molecule has 7 nitrogen and oxygen atoms in total. The van der Waals surface area contributed by atoms with E-state index in [1.807, 2.05) is 19.0 Å². The molecular weight excluding hydrogens is 377 g/mol. The fourth-order valence-electron chi connectivity index (χ4n) is 3.32. The Morgan fingerprint density at radius 3 is 2.55 bits per heavy atom. The predicted molar refractivity (Wildman–Crippen MR) is 105 cm³/mol. The number of halogens is 1. The van der Waals surface area contributed by atoms with Crippen LogP contribution in [-0.4, -0.2) is 65.9 Å². The molecule has 29 heavy (non-hydrogen) atoms. The first-order chi connectivity index (χ1) is 13.8. The van der Waals surface area contributed by atoms with Crippen LogP contribution in [-0.2, 0) is 9.59 Å². The summed E-state index contributed by atoms with van der Waals surface area (Å²) in [6, 6.07) is 6.15. The quantitative estimate of drug-likeness (QED) is 0.456. The van der Waals surface area contributed by atoms with Gasteiger partial charge in [-0.1, -0.05) is 0 Å². The van der Waals surface area contributed by atoms with Crippen LogP contribution in [0.3, 0.4) is 0 Å². The Kier molecular flexibility index (Phi) is 5.93. The number of aliphatic hydroxyl groups excluding tert-OH is 1. The third kappa shape index (κ3) is 3.97. The van der Waals surface area contributed by atoms with Gasteiger partial charge >= 0.3 is 0 Å². The molecule has 1 N–H and O–H groups in total. The minimum atomic E-state index is -0.825. The van der Waals surface area contributed by atoms with Gasteiger partial charge in [0.05, 0.1) is 24.3 Å². The third-order valence-electron chi connectivity index (χ3n) is 4.77. The van der Waals surface area contributed by atoms with Crippen molar-refractivity contribution in [3.05, 3.63) is 65.2 Å². The average molecular weight is 399 g/mol. The van der Waals surface area contributed by atoms with Gasteiger partial charge in [0.2, 0.25) is 0 Å². The number of hydrogen-bond acceptors (Lipinski definition) is 6. The van der Waals surface area contributed by atoms with Crippen molar-refractivity contribution in [3.63, 3.8) is 0 Å². The SMILES string of the molecule is COc1ccc(F)cc1C(O)=C1C(=O)C(=O)N(CCN(C)C)C1c1ccncc1. The van der Waals surface area contributed by atoms with Gasteiger partial charge in [-0.15, -0.1) is 0 Å². The molecule has 1 fully saturated rings. The number of Topliss-reactive ketones (excluding diaryl/α,β-unsaturated/α-hetero) is 1. The Balaban J connectivity index is 2.19. The van der Waals surface area contributed by atoms with E-state index in [0.29, 0.717) is 12.1 Å². The number of rotatable bonds is 6. The summed E-state index contributed by atoms with van der Waals surface area (Å²) in [6.45, 7) is 0.805. The van der Waals surface area contributed by atoms with Gasteiger partial charge in [0, 0.05) is 25.5 Å². The molecule has 1 saturated heterocycles. The van der Waals surface area contributed by atoms with Crippen molar-refractivity contribution >= 4 is 17.4 Å². The zero-order chi connectivity index (χ0) is 21.1. The van der Waals surface area contributed by atoms with Crippen molar-refractivity contribution in [1.82, 2.24) is 14.8 Å². The molecule has 1 aromatic carbocycles. The highest BCUT2D eigenvalue weighted by Crippen LogP contribution is 2.40. The lowest BCUT2D eigenvalue weighted by atomic mass is 9.95. The number of nitrogens with zero attached hydrogens (tertiary/aromatic N) is 3. The summed E-state index contributed by atoms with van der Waals surface area (Å²) < 4.78 is 19.0. The normalized spacial score (nSPS) is 18.5. The number of likely N-dealkylation sites (N-methyl/N-ethyl adjacent to an activating group) is 1. The number of likely N-dealkylation sites (tertiary alicyclic amines) is 1. The average Bonchev–Trinajstić information content (AvgIpc) is 2.97. The molecule has 8 heteroatoms. The standard InChI is InChI=1S/C21H22FN3O4/c1-24(2)10-11-25-18(13-6-8-23-9-7-13)17(20(27)21(25)28)19(26)15-12-14(22)4-5-16(15)29-3/h4-9,12,18,26H,10-11H2,1-3H3. The molecule has 1 amide bonds. The number of ketones is 1. The third-order valence-corrected chi connectivity index (χ3v) is 4.77. The van der Waals surface area contributed by atoms with Crippen LogP contribution in [0.2, 0.25) is 0 Å². The lowest BCUT2D eigenvalue weighted by Gasteiger charge is -2.26. The summed E-state index contributed by atoms with van der Waals surface area (Å²) in [7, 11) is 5.09. The zero-order valence-corrected chi connectivity index (χ0v) is 16.4. The maximum absolute atomic E-state index is 13.8. The molecule has 0 bridgehead atoms. The molecule has 1 aromatic heterocycles. The van der Waals surface area contributed by atoms with E-state index in [2.05, 4.69) is 4.98 Å². The fraction of sp³-hybridized carbons (Fsp3) is 0.286. The highest BCUT2D eigenvalue weighted by molar-refractivity contribution is 6.46. The summed E-state index contributed by atoms with van der Waals surface area (Å²) in [4.78, 5) is 32.9. The second kappa shape index (κ2) is 8.40. The van der Waals surface area contributed by atoms with Crippen molar-refractivity contribution < 1.29 is 23.8 Å². The van der Waals surface area contributed by atoms with E-state index in [9.17, 15) is 19.1 Å². The zero-order valence-electron chi connectivity index (χ0n) is 16.4. The van der Waals surface area contributed by atoms with Crippen molar-refractivity contribution in [3.8, 4) is 5.75 Å². The van der Waals surface area contributed by atoms with E-state index >= 15 is 0 Å². The molecule has 152 valence electrons. The van der Waals surface area contributed by atoms with Gasteiger partial charge in [0.1, 0.15) is 17.3 Å². The van der Waals surface area contributed by atoms with Crippen molar-refractivity contribution in [2.75, 3.05) is 34.3 Å². The molecule has 1 atom stereocenters. The van der Waals surface area contributed by atoms with Crippen LogP contribution in [0.1, 0.15) is 17.2 Å². The number of ether oxygens (including phenoxy) is 1. The van der Waals surface area contributed by atoms with Crippen LogP contribution < -0.4 is 4.74 Å². The summed E-state index contributed by atoms with van der Waals surface area (Å²) in [6.07, 6.45) is 3.09. The van der Waals surface area contributed by atoms with Crippen LogP contribution >= 0.6 is 0 Å². The summed E-state index contributed by atoms with van der Waals surface area (Å²) in [5.74, 6) is -2.43. The molecule has 2 heterocycles. The lowest BCUT2D eigenvalue weighted by molar-refractivity contribution is -0.140. The van der Waals surface area contributed by atoms with Gasteiger partial charge in [0.15, 0.2) is 0 Å². The molecule has 3 rings (SSSR count). The molecule has 0 saturated carbocycles. The van der Waals surface area contributed by atoms with Gasteiger partial charge in [-0.2, -0.15) is 0 Å². The Morgan fingerprint density at radius 1 is 1.24 bits per heavy atom. The van der Waals surface area contributed by atoms with E-state index in [-0.39, 0.29) is 23.4 Å². The van der Waals surface area contributed by atoms with Crippen LogP contribution in [0.15, 0.2) is 48.3 Å².